The van der Waals surface area contributed by atoms with Crippen molar-refractivity contribution >= 4 is 0 Å². The predicted molar refractivity (Wildman–Crippen MR) is 79.3 cm³/mol. The number of hydrogen-bond acceptors (Lipinski definition) is 1. The van der Waals surface area contributed by atoms with Crippen molar-refractivity contribution in [3.8, 4) is 0 Å². The summed E-state index contributed by atoms with van der Waals surface area (Å²) in [5.41, 5.74) is 1.33. The molecular formula is C16H29N. The van der Waals surface area contributed by atoms with Crippen LogP contribution in [-0.2, 0) is 0 Å². The Balaban J connectivity index is 3.53. The first-order valence-corrected chi connectivity index (χ1v) is 6.92. The molecule has 0 aliphatic carbocycles. The summed E-state index contributed by atoms with van der Waals surface area (Å²) in [6.07, 6.45) is 14.5. The van der Waals surface area contributed by atoms with E-state index in [2.05, 4.69) is 57.0 Å². The second-order valence-electron chi connectivity index (χ2n) is 4.60. The second kappa shape index (κ2) is 11.7. The lowest BCUT2D eigenvalue weighted by Crippen LogP contribution is -2.24. The summed E-state index contributed by atoms with van der Waals surface area (Å²) in [6.45, 7) is 11.7. The Kier molecular flexibility index (Phi) is 11.1. The quantitative estimate of drug-likeness (QED) is 0.430. The van der Waals surface area contributed by atoms with Gasteiger partial charge in [-0.25, -0.2) is 0 Å². The molecule has 0 fully saturated rings. The first kappa shape index (κ1) is 16.2. The summed E-state index contributed by atoms with van der Waals surface area (Å²) in [7, 11) is 0. The van der Waals surface area contributed by atoms with Gasteiger partial charge in [0.05, 0.1) is 0 Å². The van der Waals surface area contributed by atoms with Crippen LogP contribution in [0.15, 0.2) is 36.5 Å². The Bertz CT molecular complexity index is 238. The number of rotatable bonds is 10. The Labute approximate surface area is 108 Å². The minimum atomic E-state index is 0.623. The van der Waals surface area contributed by atoms with Crippen molar-refractivity contribution < 1.29 is 0 Å². The topological polar surface area (TPSA) is 12.0 Å². The number of allylic oxidation sites excluding steroid dienone is 5. The molecule has 1 heteroatoms. The van der Waals surface area contributed by atoms with Crippen LogP contribution in [0.5, 0.6) is 0 Å². The molecule has 0 heterocycles. The summed E-state index contributed by atoms with van der Waals surface area (Å²) >= 11 is 0. The molecule has 0 aromatic rings. The molecule has 1 atom stereocenters. The zero-order valence-electron chi connectivity index (χ0n) is 11.8. The summed E-state index contributed by atoms with van der Waals surface area (Å²) in [5, 5.41) is 3.41. The van der Waals surface area contributed by atoms with Gasteiger partial charge in [0.2, 0.25) is 0 Å². The van der Waals surface area contributed by atoms with Gasteiger partial charge >= 0.3 is 0 Å². The number of hydrogen-bond donors (Lipinski definition) is 1. The maximum atomic E-state index is 4.04. The van der Waals surface area contributed by atoms with Crippen LogP contribution in [0.25, 0.3) is 0 Å². The molecule has 0 bridgehead atoms. The highest BCUT2D eigenvalue weighted by Crippen LogP contribution is 2.07. The lowest BCUT2D eigenvalue weighted by molar-refractivity contribution is 0.535. The molecule has 0 aromatic heterocycles. The monoisotopic (exact) mass is 235 g/mol. The standard InChI is InChI=1S/C16H29N/c1-5-12-15(3)13-10-8-7-9-11-14-16(4)17-6-2/h7-10,16-17H,3,5-6,11-14H2,1-2,4H3/b9-7-,10-8-. The zero-order valence-corrected chi connectivity index (χ0v) is 11.8. The third kappa shape index (κ3) is 11.4. The largest absolute Gasteiger partial charge is 0.315 e. The summed E-state index contributed by atoms with van der Waals surface area (Å²) in [6, 6.07) is 0.623. The maximum Gasteiger partial charge on any atom is 0.00415 e. The minimum absolute atomic E-state index is 0.623. The Hall–Kier alpha value is -0.820. The van der Waals surface area contributed by atoms with E-state index in [1.54, 1.807) is 0 Å². The molecule has 17 heavy (non-hydrogen) atoms. The van der Waals surface area contributed by atoms with Crippen molar-refractivity contribution in [2.45, 2.75) is 58.9 Å². The van der Waals surface area contributed by atoms with Crippen LogP contribution in [0.4, 0.5) is 0 Å². The zero-order chi connectivity index (χ0) is 12.9. The maximum absolute atomic E-state index is 4.04. The first-order valence-electron chi connectivity index (χ1n) is 6.92. The highest BCUT2D eigenvalue weighted by molar-refractivity contribution is 5.08. The van der Waals surface area contributed by atoms with E-state index in [-0.39, 0.29) is 0 Å². The van der Waals surface area contributed by atoms with Crippen molar-refractivity contribution in [2.24, 2.45) is 0 Å². The van der Waals surface area contributed by atoms with E-state index in [9.17, 15) is 0 Å². The molecule has 0 radical (unpaired) electrons. The van der Waals surface area contributed by atoms with Gasteiger partial charge in [-0.05, 0) is 39.2 Å². The fourth-order valence-electron chi connectivity index (χ4n) is 1.74. The first-order chi connectivity index (χ1) is 8.20. The van der Waals surface area contributed by atoms with Crippen molar-refractivity contribution in [3.05, 3.63) is 36.5 Å². The SMILES string of the molecule is C=C(C/C=C\C=C/CCC(C)NCC)CCC. The van der Waals surface area contributed by atoms with E-state index in [1.165, 1.54) is 18.4 Å². The van der Waals surface area contributed by atoms with Crippen LogP contribution in [0.2, 0.25) is 0 Å². The van der Waals surface area contributed by atoms with Gasteiger partial charge in [-0.3, -0.25) is 0 Å². The molecule has 1 nitrogen and oxygen atoms in total. The van der Waals surface area contributed by atoms with E-state index in [4.69, 9.17) is 0 Å². The van der Waals surface area contributed by atoms with Gasteiger partial charge in [0.25, 0.3) is 0 Å². The van der Waals surface area contributed by atoms with E-state index >= 15 is 0 Å². The summed E-state index contributed by atoms with van der Waals surface area (Å²) in [4.78, 5) is 0. The summed E-state index contributed by atoms with van der Waals surface area (Å²) in [5.74, 6) is 0. The molecule has 0 saturated carbocycles. The average molecular weight is 235 g/mol. The molecule has 0 amide bonds. The van der Waals surface area contributed by atoms with Crippen LogP contribution in [0, 0.1) is 0 Å². The fourth-order valence-corrected chi connectivity index (χ4v) is 1.74. The van der Waals surface area contributed by atoms with Gasteiger partial charge < -0.3 is 5.32 Å². The lowest BCUT2D eigenvalue weighted by atomic mass is 10.1. The Morgan fingerprint density at radius 2 is 1.94 bits per heavy atom. The van der Waals surface area contributed by atoms with Gasteiger partial charge in [-0.15, -0.1) is 0 Å². The molecule has 1 unspecified atom stereocenters. The lowest BCUT2D eigenvalue weighted by Gasteiger charge is -2.09. The van der Waals surface area contributed by atoms with Gasteiger partial charge in [0.1, 0.15) is 0 Å². The highest BCUT2D eigenvalue weighted by Gasteiger charge is 1.95. The molecule has 1 N–H and O–H groups in total. The van der Waals surface area contributed by atoms with Gasteiger partial charge in [0.15, 0.2) is 0 Å². The van der Waals surface area contributed by atoms with E-state index in [0.29, 0.717) is 6.04 Å². The van der Waals surface area contributed by atoms with Gasteiger partial charge in [0, 0.05) is 6.04 Å². The Morgan fingerprint density at radius 3 is 2.59 bits per heavy atom. The predicted octanol–water partition coefficient (Wildman–Crippen LogP) is 4.62. The molecule has 0 spiro atoms. The van der Waals surface area contributed by atoms with Crippen LogP contribution in [-0.4, -0.2) is 12.6 Å². The molecule has 0 saturated heterocycles. The summed E-state index contributed by atoms with van der Waals surface area (Å²) < 4.78 is 0. The molecular weight excluding hydrogens is 206 g/mol. The minimum Gasteiger partial charge on any atom is -0.315 e. The third-order valence-electron chi connectivity index (χ3n) is 2.71. The fraction of sp³-hybridized carbons (Fsp3) is 0.625. The second-order valence-corrected chi connectivity index (χ2v) is 4.60. The molecule has 0 aromatic carbocycles. The van der Waals surface area contributed by atoms with Crippen molar-refractivity contribution in [1.82, 2.24) is 5.32 Å². The van der Waals surface area contributed by atoms with Crippen molar-refractivity contribution in [2.75, 3.05) is 6.54 Å². The molecule has 0 rings (SSSR count). The third-order valence-corrected chi connectivity index (χ3v) is 2.71. The van der Waals surface area contributed by atoms with Crippen LogP contribution >= 0.6 is 0 Å². The molecule has 0 aliphatic heterocycles. The van der Waals surface area contributed by atoms with E-state index in [1.807, 2.05) is 0 Å². The van der Waals surface area contributed by atoms with Crippen LogP contribution in [0.1, 0.15) is 52.9 Å². The van der Waals surface area contributed by atoms with Gasteiger partial charge in [-0.2, -0.15) is 0 Å². The highest BCUT2D eigenvalue weighted by atomic mass is 14.9. The normalized spacial score (nSPS) is 13.6. The van der Waals surface area contributed by atoms with E-state index < -0.39 is 0 Å². The molecule has 98 valence electrons. The van der Waals surface area contributed by atoms with Crippen LogP contribution < -0.4 is 5.32 Å². The molecule has 0 aliphatic rings. The smallest absolute Gasteiger partial charge is 0.00415 e. The Morgan fingerprint density at radius 1 is 1.24 bits per heavy atom. The van der Waals surface area contributed by atoms with Crippen molar-refractivity contribution in [1.29, 1.82) is 0 Å². The van der Waals surface area contributed by atoms with E-state index in [0.717, 1.165) is 25.8 Å². The average Bonchev–Trinajstić information content (AvgIpc) is 2.28. The van der Waals surface area contributed by atoms with Crippen LogP contribution in [0.3, 0.4) is 0 Å². The van der Waals surface area contributed by atoms with Gasteiger partial charge in [-0.1, -0.05) is 56.7 Å². The number of nitrogens with one attached hydrogen (secondary N) is 1. The van der Waals surface area contributed by atoms with Crippen molar-refractivity contribution in [3.63, 3.8) is 0 Å².